The molecule has 0 spiro atoms. The second-order valence-corrected chi connectivity index (χ2v) is 7.01. The third-order valence-electron chi connectivity index (χ3n) is 4.05. The Bertz CT molecular complexity index is 715. The van der Waals surface area contributed by atoms with Gasteiger partial charge in [0.2, 0.25) is 5.91 Å². The zero-order chi connectivity index (χ0) is 16.9. The summed E-state index contributed by atoms with van der Waals surface area (Å²) in [6, 6.07) is 8.03. The first kappa shape index (κ1) is 16.7. The van der Waals surface area contributed by atoms with E-state index in [9.17, 15) is 4.79 Å². The van der Waals surface area contributed by atoms with Gasteiger partial charge in [0.05, 0.1) is 10.7 Å². The number of carbonyl (C=O) groups excluding carboxylic acids is 1. The molecular formula is C18H22N4OS. The average Bonchev–Trinajstić information content (AvgIpc) is 3.00. The van der Waals surface area contributed by atoms with E-state index in [1.165, 1.54) is 11.8 Å². The summed E-state index contributed by atoms with van der Waals surface area (Å²) < 4.78 is 0. The summed E-state index contributed by atoms with van der Waals surface area (Å²) >= 11 is 1.57. The zero-order valence-electron chi connectivity index (χ0n) is 14.0. The lowest BCUT2D eigenvalue weighted by Crippen LogP contribution is -2.44. The van der Waals surface area contributed by atoms with Gasteiger partial charge in [0.1, 0.15) is 0 Å². The molecule has 3 rings (SSSR count). The predicted molar refractivity (Wildman–Crippen MR) is 101 cm³/mol. The Morgan fingerprint density at radius 2 is 1.92 bits per heavy atom. The van der Waals surface area contributed by atoms with Crippen molar-refractivity contribution in [3.63, 3.8) is 0 Å². The molecule has 1 aliphatic rings. The van der Waals surface area contributed by atoms with Crippen LogP contribution >= 0.6 is 11.3 Å². The molecule has 0 unspecified atom stereocenters. The molecule has 2 heterocycles. The highest BCUT2D eigenvalue weighted by atomic mass is 32.1. The third-order valence-corrected chi connectivity index (χ3v) is 4.84. The van der Waals surface area contributed by atoms with Gasteiger partial charge in [-0.3, -0.25) is 4.79 Å². The van der Waals surface area contributed by atoms with Crippen molar-refractivity contribution in [3.8, 4) is 0 Å². The van der Waals surface area contributed by atoms with Gasteiger partial charge in [0, 0.05) is 49.0 Å². The van der Waals surface area contributed by atoms with E-state index in [0.29, 0.717) is 0 Å². The first-order valence-corrected chi connectivity index (χ1v) is 8.93. The Balaban J connectivity index is 1.55. The molecule has 1 N–H and O–H groups in total. The second-order valence-electron chi connectivity index (χ2n) is 5.95. The van der Waals surface area contributed by atoms with Gasteiger partial charge in [-0.05, 0) is 44.3 Å². The number of rotatable bonds is 4. The first-order chi connectivity index (χ1) is 11.6. The number of anilines is 2. The SMILES string of the molecule is Cc1nc(/C=C/C(=O)Nc2ccc(N3CCN(C)CC3)cc2)cs1. The van der Waals surface area contributed by atoms with Crippen molar-refractivity contribution in [2.45, 2.75) is 6.92 Å². The molecule has 0 saturated carbocycles. The lowest BCUT2D eigenvalue weighted by atomic mass is 10.2. The van der Waals surface area contributed by atoms with Crippen molar-refractivity contribution in [2.24, 2.45) is 0 Å². The second kappa shape index (κ2) is 7.59. The smallest absolute Gasteiger partial charge is 0.248 e. The summed E-state index contributed by atoms with van der Waals surface area (Å²) in [5.74, 6) is -0.145. The molecule has 0 aliphatic carbocycles. The maximum atomic E-state index is 12.0. The minimum atomic E-state index is -0.145. The third kappa shape index (κ3) is 4.43. The number of aryl methyl sites for hydroxylation is 1. The molecule has 1 saturated heterocycles. The van der Waals surface area contributed by atoms with Gasteiger partial charge in [0.15, 0.2) is 0 Å². The molecular weight excluding hydrogens is 320 g/mol. The van der Waals surface area contributed by atoms with E-state index in [-0.39, 0.29) is 5.91 Å². The zero-order valence-corrected chi connectivity index (χ0v) is 14.8. The van der Waals surface area contributed by atoms with Gasteiger partial charge in [0.25, 0.3) is 0 Å². The van der Waals surface area contributed by atoms with Crippen LogP contribution in [0.15, 0.2) is 35.7 Å². The number of thiazole rings is 1. The lowest BCUT2D eigenvalue weighted by molar-refractivity contribution is -0.111. The molecule has 2 aromatic rings. The Labute approximate surface area is 146 Å². The summed E-state index contributed by atoms with van der Waals surface area (Å²) in [6.45, 7) is 6.19. The van der Waals surface area contributed by atoms with E-state index in [4.69, 9.17) is 0 Å². The van der Waals surface area contributed by atoms with Crippen molar-refractivity contribution in [1.82, 2.24) is 9.88 Å². The topological polar surface area (TPSA) is 48.5 Å². The standard InChI is InChI=1S/C18H22N4OS/c1-14-19-16(13-24-14)5-8-18(23)20-15-3-6-17(7-4-15)22-11-9-21(2)10-12-22/h3-8,13H,9-12H2,1-2H3,(H,20,23)/b8-5+. The van der Waals surface area contributed by atoms with Crippen LogP contribution in [-0.4, -0.2) is 49.0 Å². The number of piperazine rings is 1. The number of hydrogen-bond donors (Lipinski definition) is 1. The Morgan fingerprint density at radius 1 is 1.21 bits per heavy atom. The van der Waals surface area contributed by atoms with Gasteiger partial charge in [-0.15, -0.1) is 11.3 Å². The summed E-state index contributed by atoms with van der Waals surface area (Å²) in [5, 5.41) is 5.81. The molecule has 0 radical (unpaired) electrons. The normalized spacial score (nSPS) is 15.8. The number of aromatic nitrogens is 1. The minimum Gasteiger partial charge on any atom is -0.369 e. The Kier molecular flexibility index (Phi) is 5.27. The molecule has 1 amide bonds. The molecule has 1 aliphatic heterocycles. The first-order valence-electron chi connectivity index (χ1n) is 8.05. The summed E-state index contributed by atoms with van der Waals surface area (Å²) in [6.07, 6.45) is 3.25. The molecule has 126 valence electrons. The van der Waals surface area contributed by atoms with Crippen molar-refractivity contribution < 1.29 is 4.79 Å². The van der Waals surface area contributed by atoms with Crippen molar-refractivity contribution >= 4 is 34.7 Å². The van der Waals surface area contributed by atoms with Gasteiger partial charge in [-0.1, -0.05) is 0 Å². The van der Waals surface area contributed by atoms with Crippen LogP contribution in [0, 0.1) is 6.92 Å². The maximum absolute atomic E-state index is 12.0. The molecule has 0 atom stereocenters. The van der Waals surface area contributed by atoms with Gasteiger partial charge < -0.3 is 15.1 Å². The average molecular weight is 342 g/mol. The number of nitrogens with zero attached hydrogens (tertiary/aromatic N) is 3. The highest BCUT2D eigenvalue weighted by Crippen LogP contribution is 2.19. The molecule has 0 bridgehead atoms. The molecule has 6 heteroatoms. The number of carbonyl (C=O) groups is 1. The molecule has 1 aromatic heterocycles. The maximum Gasteiger partial charge on any atom is 0.248 e. The van der Waals surface area contributed by atoms with Crippen LogP contribution in [0.25, 0.3) is 6.08 Å². The summed E-state index contributed by atoms with van der Waals surface area (Å²) in [5.41, 5.74) is 2.82. The number of benzene rings is 1. The van der Waals surface area contributed by atoms with Crippen LogP contribution in [-0.2, 0) is 4.79 Å². The Morgan fingerprint density at radius 3 is 2.54 bits per heavy atom. The number of hydrogen-bond acceptors (Lipinski definition) is 5. The summed E-state index contributed by atoms with van der Waals surface area (Å²) in [7, 11) is 2.15. The largest absolute Gasteiger partial charge is 0.369 e. The van der Waals surface area contributed by atoms with E-state index in [2.05, 4.69) is 39.3 Å². The quantitative estimate of drug-likeness (QED) is 0.868. The van der Waals surface area contributed by atoms with Crippen LogP contribution < -0.4 is 10.2 Å². The van der Waals surface area contributed by atoms with Gasteiger partial charge in [-0.25, -0.2) is 4.98 Å². The number of nitrogens with one attached hydrogen (secondary N) is 1. The molecule has 1 aromatic carbocycles. The van der Waals surface area contributed by atoms with E-state index in [1.807, 2.05) is 24.4 Å². The van der Waals surface area contributed by atoms with E-state index < -0.39 is 0 Å². The van der Waals surface area contributed by atoms with E-state index >= 15 is 0 Å². The molecule has 24 heavy (non-hydrogen) atoms. The fourth-order valence-corrected chi connectivity index (χ4v) is 3.20. The van der Waals surface area contributed by atoms with Crippen LogP contribution in [0.1, 0.15) is 10.7 Å². The molecule has 5 nitrogen and oxygen atoms in total. The van der Waals surface area contributed by atoms with Gasteiger partial charge in [-0.2, -0.15) is 0 Å². The van der Waals surface area contributed by atoms with Crippen LogP contribution in [0.2, 0.25) is 0 Å². The van der Waals surface area contributed by atoms with Crippen LogP contribution in [0.4, 0.5) is 11.4 Å². The van der Waals surface area contributed by atoms with Crippen molar-refractivity contribution in [2.75, 3.05) is 43.4 Å². The number of likely N-dealkylation sites (N-methyl/N-ethyl adjacent to an activating group) is 1. The van der Waals surface area contributed by atoms with Crippen molar-refractivity contribution in [1.29, 1.82) is 0 Å². The van der Waals surface area contributed by atoms with Crippen molar-refractivity contribution in [3.05, 3.63) is 46.4 Å². The summed E-state index contributed by atoms with van der Waals surface area (Å²) in [4.78, 5) is 21.0. The van der Waals surface area contributed by atoms with E-state index in [1.54, 1.807) is 17.4 Å². The van der Waals surface area contributed by atoms with Gasteiger partial charge >= 0.3 is 0 Å². The predicted octanol–water partition coefficient (Wildman–Crippen LogP) is 2.86. The minimum absolute atomic E-state index is 0.145. The fourth-order valence-electron chi connectivity index (χ4n) is 2.62. The monoisotopic (exact) mass is 342 g/mol. The highest BCUT2D eigenvalue weighted by molar-refractivity contribution is 7.09. The number of amides is 1. The van der Waals surface area contributed by atoms with Crippen LogP contribution in [0.3, 0.4) is 0 Å². The van der Waals surface area contributed by atoms with Crippen LogP contribution in [0.5, 0.6) is 0 Å². The Hall–Kier alpha value is -2.18. The fraction of sp³-hybridized carbons (Fsp3) is 0.333. The highest BCUT2D eigenvalue weighted by Gasteiger charge is 2.13. The molecule has 1 fully saturated rings. The van der Waals surface area contributed by atoms with E-state index in [0.717, 1.165) is 42.6 Å². The lowest BCUT2D eigenvalue weighted by Gasteiger charge is -2.34.